The van der Waals surface area contributed by atoms with Crippen LogP contribution in [0, 0.1) is 5.92 Å². The number of carbonyl (C=O) groups excluding carboxylic acids is 3. The van der Waals surface area contributed by atoms with Crippen molar-refractivity contribution in [2.75, 3.05) is 6.61 Å². The van der Waals surface area contributed by atoms with Gasteiger partial charge in [-0.3, -0.25) is 9.59 Å². The van der Waals surface area contributed by atoms with E-state index in [1.807, 2.05) is 54.6 Å². The summed E-state index contributed by atoms with van der Waals surface area (Å²) in [6.45, 7) is 7.81. The quantitative estimate of drug-likeness (QED) is 0.295. The molecule has 0 saturated heterocycles. The predicted octanol–water partition coefficient (Wildman–Crippen LogP) is 4.31. The molecule has 0 aliphatic rings. The van der Waals surface area contributed by atoms with E-state index < -0.39 is 12.0 Å². The van der Waals surface area contributed by atoms with Crippen molar-refractivity contribution in [1.29, 1.82) is 0 Å². The maximum atomic E-state index is 12.9. The van der Waals surface area contributed by atoms with Gasteiger partial charge in [0, 0.05) is 19.4 Å². The molecule has 0 aliphatic heterocycles. The molecule has 0 saturated carbocycles. The summed E-state index contributed by atoms with van der Waals surface area (Å²) in [5, 5.41) is 9.80. The van der Waals surface area contributed by atoms with Crippen LogP contribution < -0.4 is 15.4 Å². The molecule has 208 valence electrons. The minimum Gasteiger partial charge on any atom is -0.489 e. The van der Waals surface area contributed by atoms with Crippen LogP contribution in [0.15, 0.2) is 65.2 Å². The molecule has 9 heteroatoms. The molecule has 39 heavy (non-hydrogen) atoms. The van der Waals surface area contributed by atoms with Crippen LogP contribution in [-0.2, 0) is 38.6 Å². The van der Waals surface area contributed by atoms with E-state index in [2.05, 4.69) is 29.6 Å². The SMILES string of the molecule is CCOC(=O)C(Cc1cc(C(CC(C)C)NC(=O)Cc2ccc(OCc3ccccc3)cc2)no1)NC(C)=O. The van der Waals surface area contributed by atoms with Crippen LogP contribution in [0.4, 0.5) is 0 Å². The van der Waals surface area contributed by atoms with Crippen LogP contribution in [0.2, 0.25) is 0 Å². The van der Waals surface area contributed by atoms with E-state index in [4.69, 9.17) is 14.0 Å². The Kier molecular flexibility index (Phi) is 11.1. The third-order valence-corrected chi connectivity index (χ3v) is 5.87. The van der Waals surface area contributed by atoms with E-state index in [1.54, 1.807) is 13.0 Å². The molecule has 2 atom stereocenters. The van der Waals surface area contributed by atoms with Gasteiger partial charge in [0.25, 0.3) is 0 Å². The fourth-order valence-corrected chi connectivity index (χ4v) is 4.07. The lowest BCUT2D eigenvalue weighted by Gasteiger charge is -2.18. The molecular formula is C30H37N3O6. The van der Waals surface area contributed by atoms with Crippen molar-refractivity contribution < 1.29 is 28.4 Å². The number of ether oxygens (including phenoxy) is 2. The Bertz CT molecular complexity index is 1210. The normalized spacial score (nSPS) is 12.4. The predicted molar refractivity (Wildman–Crippen MR) is 146 cm³/mol. The Labute approximate surface area is 229 Å². The Morgan fingerprint density at radius 2 is 1.69 bits per heavy atom. The molecule has 0 radical (unpaired) electrons. The van der Waals surface area contributed by atoms with E-state index in [0.29, 0.717) is 24.5 Å². The van der Waals surface area contributed by atoms with Gasteiger partial charge >= 0.3 is 5.97 Å². The first-order valence-corrected chi connectivity index (χ1v) is 13.2. The highest BCUT2D eigenvalue weighted by molar-refractivity contribution is 5.83. The molecule has 9 nitrogen and oxygen atoms in total. The van der Waals surface area contributed by atoms with Crippen LogP contribution in [0.3, 0.4) is 0 Å². The molecule has 2 N–H and O–H groups in total. The van der Waals surface area contributed by atoms with Gasteiger partial charge in [0.05, 0.1) is 19.1 Å². The maximum absolute atomic E-state index is 12.9. The van der Waals surface area contributed by atoms with E-state index >= 15 is 0 Å². The van der Waals surface area contributed by atoms with Crippen LogP contribution >= 0.6 is 0 Å². The van der Waals surface area contributed by atoms with Gasteiger partial charge in [0.15, 0.2) is 0 Å². The molecule has 0 spiro atoms. The smallest absolute Gasteiger partial charge is 0.329 e. The summed E-state index contributed by atoms with van der Waals surface area (Å²) >= 11 is 0. The number of amides is 2. The van der Waals surface area contributed by atoms with Crippen molar-refractivity contribution in [2.24, 2.45) is 5.92 Å². The monoisotopic (exact) mass is 535 g/mol. The fourth-order valence-electron chi connectivity index (χ4n) is 4.07. The number of nitrogens with one attached hydrogen (secondary N) is 2. The van der Waals surface area contributed by atoms with Crippen molar-refractivity contribution in [3.8, 4) is 5.75 Å². The highest BCUT2D eigenvalue weighted by Crippen LogP contribution is 2.23. The number of esters is 1. The zero-order valence-electron chi connectivity index (χ0n) is 22.9. The summed E-state index contributed by atoms with van der Waals surface area (Å²) in [4.78, 5) is 36.7. The lowest BCUT2D eigenvalue weighted by molar-refractivity contribution is -0.147. The van der Waals surface area contributed by atoms with Crippen molar-refractivity contribution >= 4 is 17.8 Å². The lowest BCUT2D eigenvalue weighted by Crippen LogP contribution is -2.42. The van der Waals surface area contributed by atoms with Crippen molar-refractivity contribution in [3.05, 3.63) is 83.2 Å². The highest BCUT2D eigenvalue weighted by Gasteiger charge is 2.25. The largest absolute Gasteiger partial charge is 0.489 e. The summed E-state index contributed by atoms with van der Waals surface area (Å²) in [5.41, 5.74) is 2.50. The Balaban J connectivity index is 1.60. The van der Waals surface area contributed by atoms with Crippen molar-refractivity contribution in [2.45, 2.75) is 65.6 Å². The summed E-state index contributed by atoms with van der Waals surface area (Å²) < 4.78 is 16.3. The molecule has 3 rings (SSSR count). The molecule has 0 bridgehead atoms. The first-order valence-electron chi connectivity index (χ1n) is 13.2. The Morgan fingerprint density at radius 3 is 2.33 bits per heavy atom. The maximum Gasteiger partial charge on any atom is 0.329 e. The number of hydrogen-bond donors (Lipinski definition) is 2. The summed E-state index contributed by atoms with van der Waals surface area (Å²) in [7, 11) is 0. The average molecular weight is 536 g/mol. The second-order valence-electron chi connectivity index (χ2n) is 9.77. The molecule has 0 fully saturated rings. The zero-order valence-corrected chi connectivity index (χ0v) is 22.9. The van der Waals surface area contributed by atoms with Gasteiger partial charge in [-0.2, -0.15) is 0 Å². The number of rotatable bonds is 14. The van der Waals surface area contributed by atoms with Gasteiger partial charge < -0.3 is 24.6 Å². The summed E-state index contributed by atoms with van der Waals surface area (Å²) in [6.07, 6.45) is 0.940. The number of nitrogens with zero attached hydrogens (tertiary/aromatic N) is 1. The molecule has 2 aromatic carbocycles. The number of aromatic nitrogens is 1. The average Bonchev–Trinajstić information content (AvgIpc) is 3.36. The van der Waals surface area contributed by atoms with Crippen LogP contribution in [0.1, 0.15) is 62.7 Å². The topological polar surface area (TPSA) is 120 Å². The Morgan fingerprint density at radius 1 is 0.974 bits per heavy atom. The first-order chi connectivity index (χ1) is 18.7. The van der Waals surface area contributed by atoms with Gasteiger partial charge in [0.2, 0.25) is 11.8 Å². The van der Waals surface area contributed by atoms with Gasteiger partial charge in [0.1, 0.15) is 29.9 Å². The summed E-state index contributed by atoms with van der Waals surface area (Å²) in [5.74, 6) is 0.374. The first kappa shape index (κ1) is 29.4. The van der Waals surface area contributed by atoms with E-state index in [9.17, 15) is 14.4 Å². The molecule has 2 unspecified atom stereocenters. The Hall–Kier alpha value is -4.14. The molecular weight excluding hydrogens is 498 g/mol. The van der Waals surface area contributed by atoms with Gasteiger partial charge in [-0.15, -0.1) is 0 Å². The van der Waals surface area contributed by atoms with Crippen LogP contribution in [0.25, 0.3) is 0 Å². The summed E-state index contributed by atoms with van der Waals surface area (Å²) in [6, 6.07) is 17.8. The zero-order chi connectivity index (χ0) is 28.2. The van der Waals surface area contributed by atoms with Crippen LogP contribution in [-0.4, -0.2) is 35.6 Å². The third kappa shape index (κ3) is 9.92. The van der Waals surface area contributed by atoms with Crippen molar-refractivity contribution in [1.82, 2.24) is 15.8 Å². The molecule has 2 amide bonds. The van der Waals surface area contributed by atoms with Gasteiger partial charge in [-0.25, -0.2) is 4.79 Å². The number of benzene rings is 2. The molecule has 1 aromatic heterocycles. The second-order valence-corrected chi connectivity index (χ2v) is 9.77. The van der Waals surface area contributed by atoms with Gasteiger partial charge in [-0.1, -0.05) is 61.5 Å². The third-order valence-electron chi connectivity index (χ3n) is 5.87. The minimum atomic E-state index is -0.888. The number of carbonyl (C=O) groups is 3. The second kappa shape index (κ2) is 14.7. The van der Waals surface area contributed by atoms with E-state index in [1.165, 1.54) is 6.92 Å². The standard InChI is InChI=1S/C30H37N3O6/c1-5-37-30(36)28(31-21(4)34)18-25-17-27(33-39-25)26(15-20(2)3)32-29(35)16-22-11-13-24(14-12-22)38-19-23-9-7-6-8-10-23/h6-14,17,20,26,28H,5,15-16,18-19H2,1-4H3,(H,31,34)(H,32,35). The fraction of sp³-hybridized carbons (Fsp3) is 0.400. The lowest BCUT2D eigenvalue weighted by atomic mass is 10.00. The van der Waals surface area contributed by atoms with Gasteiger partial charge in [-0.05, 0) is 42.5 Å². The highest BCUT2D eigenvalue weighted by atomic mass is 16.5. The van der Waals surface area contributed by atoms with Crippen LogP contribution in [0.5, 0.6) is 5.75 Å². The molecule has 3 aromatic rings. The molecule has 0 aliphatic carbocycles. The van der Waals surface area contributed by atoms with Crippen molar-refractivity contribution in [3.63, 3.8) is 0 Å². The minimum absolute atomic E-state index is 0.0897. The molecule has 1 heterocycles. The van der Waals surface area contributed by atoms with E-state index in [-0.39, 0.29) is 43.2 Å². The number of hydrogen-bond acceptors (Lipinski definition) is 7. The van der Waals surface area contributed by atoms with E-state index in [0.717, 1.165) is 16.9 Å².